The van der Waals surface area contributed by atoms with Gasteiger partial charge in [-0.15, -0.1) is 0 Å². The monoisotopic (exact) mass is 238 g/mol. The van der Waals surface area contributed by atoms with Crippen LogP contribution in [0.4, 0.5) is 0 Å². The first-order valence-electron chi connectivity index (χ1n) is 4.86. The molecule has 1 atom stereocenters. The summed E-state index contributed by atoms with van der Waals surface area (Å²) < 4.78 is 0. The van der Waals surface area contributed by atoms with Gasteiger partial charge in [-0.2, -0.15) is 0 Å². The number of rotatable bonds is 6. The molecule has 0 amide bonds. The van der Waals surface area contributed by atoms with Crippen LogP contribution in [0.15, 0.2) is 10.6 Å². The Bertz CT molecular complexity index is 181. The molecule has 0 heterocycles. The summed E-state index contributed by atoms with van der Waals surface area (Å²) in [7, 11) is 2.01. The minimum absolute atomic E-state index is 0.260. The average Bonchev–Trinajstić information content (AvgIpc) is 2.13. The van der Waals surface area contributed by atoms with E-state index in [9.17, 15) is 0 Å². The van der Waals surface area contributed by atoms with Crippen molar-refractivity contribution in [2.75, 3.05) is 20.1 Å². The van der Waals surface area contributed by atoms with E-state index in [2.05, 4.69) is 18.7 Å². The molecule has 0 aromatic heterocycles. The number of nitrogens with zero attached hydrogens (tertiary/aromatic N) is 1. The highest BCUT2D eigenvalue weighted by Gasteiger charge is 2.09. The minimum atomic E-state index is 0.260. The van der Waals surface area contributed by atoms with Crippen LogP contribution in [0.2, 0.25) is 0 Å². The highest BCUT2D eigenvalue weighted by molar-refractivity contribution is 6.36. The van der Waals surface area contributed by atoms with Gasteiger partial charge in [-0.05, 0) is 25.9 Å². The van der Waals surface area contributed by atoms with Gasteiger partial charge < -0.3 is 10.6 Å². The fourth-order valence-electron chi connectivity index (χ4n) is 1.07. The van der Waals surface area contributed by atoms with Gasteiger partial charge in [0.25, 0.3) is 0 Å². The lowest BCUT2D eigenvalue weighted by Gasteiger charge is -2.20. The second-order valence-electron chi connectivity index (χ2n) is 3.99. The van der Waals surface area contributed by atoms with Crippen molar-refractivity contribution in [2.45, 2.75) is 26.3 Å². The Morgan fingerprint density at radius 3 is 2.50 bits per heavy atom. The van der Waals surface area contributed by atoms with Crippen LogP contribution in [0.5, 0.6) is 0 Å². The number of hydrogen-bond donors (Lipinski definition) is 1. The van der Waals surface area contributed by atoms with Crippen LogP contribution in [0, 0.1) is 5.92 Å². The minimum Gasteiger partial charge on any atom is -0.327 e. The van der Waals surface area contributed by atoms with E-state index in [1.54, 1.807) is 0 Å². The lowest BCUT2D eigenvalue weighted by atomic mass is 10.0. The molecular formula is C10H20Cl2N2. The molecule has 84 valence electrons. The van der Waals surface area contributed by atoms with E-state index in [1.165, 1.54) is 5.54 Å². The van der Waals surface area contributed by atoms with Crippen molar-refractivity contribution in [1.82, 2.24) is 4.90 Å². The van der Waals surface area contributed by atoms with Gasteiger partial charge in [-0.3, -0.25) is 0 Å². The molecule has 2 nitrogen and oxygen atoms in total. The zero-order chi connectivity index (χ0) is 11.1. The van der Waals surface area contributed by atoms with E-state index in [1.807, 2.05) is 7.05 Å². The highest BCUT2D eigenvalue weighted by atomic mass is 35.5. The van der Waals surface area contributed by atoms with Crippen LogP contribution in [0.3, 0.4) is 0 Å². The van der Waals surface area contributed by atoms with Crippen LogP contribution in [0.25, 0.3) is 0 Å². The largest absolute Gasteiger partial charge is 0.327 e. The molecule has 0 bridgehead atoms. The summed E-state index contributed by atoms with van der Waals surface area (Å²) in [5, 5.41) is 0.660. The molecule has 1 unspecified atom stereocenters. The Morgan fingerprint density at radius 1 is 1.50 bits per heavy atom. The predicted octanol–water partition coefficient (Wildman–Crippen LogP) is 2.61. The van der Waals surface area contributed by atoms with Crippen molar-refractivity contribution < 1.29 is 0 Å². The van der Waals surface area contributed by atoms with E-state index in [4.69, 9.17) is 28.9 Å². The highest BCUT2D eigenvalue weighted by Crippen LogP contribution is 2.07. The van der Waals surface area contributed by atoms with Crippen molar-refractivity contribution in [3.8, 4) is 0 Å². The lowest BCUT2D eigenvalue weighted by molar-refractivity contribution is 0.326. The molecule has 0 radical (unpaired) electrons. The molecule has 4 heteroatoms. The van der Waals surface area contributed by atoms with Gasteiger partial charge in [0.15, 0.2) is 0 Å². The Kier molecular flexibility index (Phi) is 7.65. The molecule has 0 aliphatic rings. The van der Waals surface area contributed by atoms with E-state index in [0.29, 0.717) is 17.5 Å². The number of hydrogen-bond acceptors (Lipinski definition) is 2. The SMILES string of the molecule is CC(C)C(N)CCN(C)CC(Cl)=CCl. The number of likely N-dealkylation sites (N-methyl/N-ethyl adjacent to an activating group) is 1. The first-order chi connectivity index (χ1) is 6.47. The third-order valence-electron chi connectivity index (χ3n) is 2.24. The van der Waals surface area contributed by atoms with E-state index >= 15 is 0 Å². The molecule has 0 saturated heterocycles. The van der Waals surface area contributed by atoms with E-state index < -0.39 is 0 Å². The van der Waals surface area contributed by atoms with Gasteiger partial charge >= 0.3 is 0 Å². The normalized spacial score (nSPS) is 15.3. The standard InChI is InChI=1S/C10H20Cl2N2/c1-8(2)10(13)4-5-14(3)7-9(12)6-11/h6,8,10H,4-5,7,13H2,1-3H3. The third-order valence-corrected chi connectivity index (χ3v) is 2.84. The predicted molar refractivity (Wildman–Crippen MR) is 64.7 cm³/mol. The molecule has 0 fully saturated rings. The van der Waals surface area contributed by atoms with Crippen LogP contribution in [-0.4, -0.2) is 31.1 Å². The zero-order valence-electron chi connectivity index (χ0n) is 9.13. The third kappa shape index (κ3) is 6.66. The van der Waals surface area contributed by atoms with Crippen molar-refractivity contribution in [1.29, 1.82) is 0 Å². The van der Waals surface area contributed by atoms with Gasteiger partial charge in [0.1, 0.15) is 0 Å². The Balaban J connectivity index is 3.69. The fourth-order valence-corrected chi connectivity index (χ4v) is 1.35. The van der Waals surface area contributed by atoms with Crippen LogP contribution >= 0.6 is 23.2 Å². The van der Waals surface area contributed by atoms with Crippen LogP contribution < -0.4 is 5.73 Å². The second kappa shape index (κ2) is 7.52. The molecular weight excluding hydrogens is 219 g/mol. The van der Waals surface area contributed by atoms with Crippen LogP contribution in [-0.2, 0) is 0 Å². The smallest absolute Gasteiger partial charge is 0.0434 e. The van der Waals surface area contributed by atoms with Crippen molar-refractivity contribution in [2.24, 2.45) is 11.7 Å². The van der Waals surface area contributed by atoms with E-state index in [-0.39, 0.29) is 6.04 Å². The van der Waals surface area contributed by atoms with Gasteiger partial charge in [0, 0.05) is 23.2 Å². The molecule has 14 heavy (non-hydrogen) atoms. The molecule has 0 rings (SSSR count). The summed E-state index contributed by atoms with van der Waals surface area (Å²) >= 11 is 11.3. The summed E-state index contributed by atoms with van der Waals surface area (Å²) in [4.78, 5) is 2.11. The molecule has 0 aromatic carbocycles. The topological polar surface area (TPSA) is 29.3 Å². The summed E-state index contributed by atoms with van der Waals surface area (Å²) in [6, 6.07) is 0.260. The molecule has 0 aromatic rings. The summed E-state index contributed by atoms with van der Waals surface area (Å²) in [6.45, 7) is 5.91. The maximum Gasteiger partial charge on any atom is 0.0434 e. The molecule has 0 aliphatic heterocycles. The quantitative estimate of drug-likeness (QED) is 0.772. The molecule has 0 saturated carbocycles. The molecule has 0 spiro atoms. The number of halogens is 2. The first-order valence-corrected chi connectivity index (χ1v) is 5.67. The van der Waals surface area contributed by atoms with Gasteiger partial charge in [-0.25, -0.2) is 0 Å². The Morgan fingerprint density at radius 2 is 2.07 bits per heavy atom. The Labute approximate surface area is 97.0 Å². The first kappa shape index (κ1) is 14.2. The van der Waals surface area contributed by atoms with Gasteiger partial charge in [0.05, 0.1) is 0 Å². The maximum absolute atomic E-state index is 5.93. The second-order valence-corrected chi connectivity index (χ2v) is 4.69. The summed E-state index contributed by atoms with van der Waals surface area (Å²) in [6.07, 6.45) is 0.987. The van der Waals surface area contributed by atoms with E-state index in [0.717, 1.165) is 13.0 Å². The summed E-state index contributed by atoms with van der Waals surface area (Å²) in [5.41, 5.74) is 7.33. The molecule has 0 aliphatic carbocycles. The van der Waals surface area contributed by atoms with Crippen molar-refractivity contribution >= 4 is 23.2 Å². The van der Waals surface area contributed by atoms with Crippen molar-refractivity contribution in [3.05, 3.63) is 10.6 Å². The lowest BCUT2D eigenvalue weighted by Crippen LogP contribution is -2.32. The van der Waals surface area contributed by atoms with Crippen molar-refractivity contribution in [3.63, 3.8) is 0 Å². The summed E-state index contributed by atoms with van der Waals surface area (Å²) in [5.74, 6) is 0.530. The van der Waals surface area contributed by atoms with Gasteiger partial charge in [0.2, 0.25) is 0 Å². The average molecular weight is 239 g/mol. The zero-order valence-corrected chi connectivity index (χ0v) is 10.6. The van der Waals surface area contributed by atoms with Gasteiger partial charge in [-0.1, -0.05) is 37.0 Å². The number of nitrogens with two attached hydrogens (primary N) is 1. The van der Waals surface area contributed by atoms with Crippen LogP contribution in [0.1, 0.15) is 20.3 Å². The fraction of sp³-hybridized carbons (Fsp3) is 0.800. The Hall–Kier alpha value is 0.240. The maximum atomic E-state index is 5.93. The molecule has 2 N–H and O–H groups in total.